The lowest BCUT2D eigenvalue weighted by Crippen LogP contribution is -2.26. The molecule has 3 aromatic rings. The van der Waals surface area contributed by atoms with Crippen LogP contribution in [0.2, 0.25) is 0 Å². The number of likely N-dealkylation sites (N-methyl/N-ethyl adjacent to an activating group) is 1. The fraction of sp³-hybridized carbons (Fsp3) is 0.500. The molecule has 0 saturated heterocycles. The van der Waals surface area contributed by atoms with Gasteiger partial charge in [0.15, 0.2) is 5.52 Å². The molecule has 2 saturated carbocycles. The average Bonchev–Trinajstić information content (AvgIpc) is 3.67. The number of pyridine rings is 1. The monoisotopic (exact) mass is 501 g/mol. The Morgan fingerprint density at radius 3 is 2.51 bits per heavy atom. The maximum Gasteiger partial charge on any atom is 0.260 e. The number of benzene rings is 1. The molecule has 0 N–H and O–H groups in total. The highest BCUT2D eigenvalue weighted by molar-refractivity contribution is 6.07. The molecule has 2 fully saturated rings. The summed E-state index contributed by atoms with van der Waals surface area (Å²) in [6.45, 7) is 4.94. The van der Waals surface area contributed by atoms with E-state index in [4.69, 9.17) is 9.72 Å². The number of aryl methyl sites for hydroxylation is 3. The van der Waals surface area contributed by atoms with Gasteiger partial charge >= 0.3 is 0 Å². The van der Waals surface area contributed by atoms with Gasteiger partial charge in [0, 0.05) is 19.7 Å². The molecule has 196 valence electrons. The SMILES string of the molecule is Cc1cc(C2CC2)c(N(C(=O)/C=C/CN(C)C)c2ccc3c(n2)c(OC2CCCCC2)nn3C)cc1C. The summed E-state index contributed by atoms with van der Waals surface area (Å²) in [5.74, 6) is 1.54. The fourth-order valence-electron chi connectivity index (χ4n) is 5.17. The number of carbonyl (C=O) groups excluding carboxylic acids is 1. The highest BCUT2D eigenvalue weighted by Gasteiger charge is 2.31. The summed E-state index contributed by atoms with van der Waals surface area (Å²) in [5.41, 5.74) is 6.17. The highest BCUT2D eigenvalue weighted by Crippen LogP contribution is 2.46. The molecular formula is C30H39N5O2. The summed E-state index contributed by atoms with van der Waals surface area (Å²) in [5, 5.41) is 4.66. The van der Waals surface area contributed by atoms with Crippen molar-refractivity contribution in [3.8, 4) is 5.88 Å². The lowest BCUT2D eigenvalue weighted by Gasteiger charge is -2.25. The summed E-state index contributed by atoms with van der Waals surface area (Å²) in [7, 11) is 5.90. The molecule has 0 radical (unpaired) electrons. The van der Waals surface area contributed by atoms with E-state index in [0.29, 0.717) is 29.7 Å². The fourth-order valence-corrected chi connectivity index (χ4v) is 5.17. The molecule has 7 heteroatoms. The van der Waals surface area contributed by atoms with Crippen molar-refractivity contribution in [3.63, 3.8) is 0 Å². The minimum atomic E-state index is -0.0995. The first-order chi connectivity index (χ1) is 17.8. The maximum atomic E-state index is 13.8. The van der Waals surface area contributed by atoms with Crippen molar-refractivity contribution in [1.82, 2.24) is 19.7 Å². The molecule has 1 amide bonds. The predicted molar refractivity (Wildman–Crippen MR) is 149 cm³/mol. The Hall–Kier alpha value is -3.19. The van der Waals surface area contributed by atoms with Gasteiger partial charge < -0.3 is 9.64 Å². The largest absolute Gasteiger partial charge is 0.472 e. The van der Waals surface area contributed by atoms with Gasteiger partial charge in [0.2, 0.25) is 0 Å². The van der Waals surface area contributed by atoms with Crippen LogP contribution in [-0.4, -0.2) is 52.3 Å². The first kappa shape index (κ1) is 25.5. The second-order valence-corrected chi connectivity index (χ2v) is 11.0. The Kier molecular flexibility index (Phi) is 7.33. The summed E-state index contributed by atoms with van der Waals surface area (Å²) < 4.78 is 8.19. The number of nitrogens with zero attached hydrogens (tertiary/aromatic N) is 5. The van der Waals surface area contributed by atoms with E-state index in [1.165, 1.54) is 36.0 Å². The number of rotatable bonds is 8. The van der Waals surface area contributed by atoms with Crippen molar-refractivity contribution in [2.24, 2.45) is 7.05 Å². The van der Waals surface area contributed by atoms with Crippen molar-refractivity contribution in [3.05, 3.63) is 53.1 Å². The lowest BCUT2D eigenvalue weighted by molar-refractivity contribution is -0.113. The second-order valence-electron chi connectivity index (χ2n) is 11.0. The summed E-state index contributed by atoms with van der Waals surface area (Å²) in [6.07, 6.45) is 11.8. The standard InChI is InChI=1S/C30H39N5O2/c1-20-18-24(22-13-14-22)26(19-21(20)2)35(28(36)12-9-17-33(3)4)27-16-15-25-29(31-27)30(32-34(25)5)37-23-10-7-6-8-11-23/h9,12,15-16,18-19,22-23H,6-8,10-11,13-14,17H2,1-5H3/b12-9+. The van der Waals surface area contributed by atoms with Gasteiger partial charge in [-0.15, -0.1) is 5.10 Å². The number of fused-ring (bicyclic) bond motifs is 1. The van der Waals surface area contributed by atoms with Crippen LogP contribution in [0.5, 0.6) is 5.88 Å². The van der Waals surface area contributed by atoms with Crippen molar-refractivity contribution in [2.75, 3.05) is 25.5 Å². The molecule has 0 spiro atoms. The van der Waals surface area contributed by atoms with Crippen LogP contribution < -0.4 is 9.64 Å². The van der Waals surface area contributed by atoms with Gasteiger partial charge in [0.1, 0.15) is 11.9 Å². The van der Waals surface area contributed by atoms with Gasteiger partial charge in [-0.25, -0.2) is 4.98 Å². The molecule has 2 heterocycles. The number of aromatic nitrogens is 3. The minimum absolute atomic E-state index is 0.0995. The predicted octanol–water partition coefficient (Wildman–Crippen LogP) is 5.96. The van der Waals surface area contributed by atoms with E-state index in [2.05, 4.69) is 31.1 Å². The van der Waals surface area contributed by atoms with Crippen molar-refractivity contribution in [1.29, 1.82) is 0 Å². The molecule has 2 aromatic heterocycles. The highest BCUT2D eigenvalue weighted by atomic mass is 16.5. The van der Waals surface area contributed by atoms with Gasteiger partial charge in [-0.3, -0.25) is 14.4 Å². The van der Waals surface area contributed by atoms with Crippen LogP contribution in [0.15, 0.2) is 36.4 Å². The molecular weight excluding hydrogens is 462 g/mol. The van der Waals surface area contributed by atoms with Crippen LogP contribution in [0.4, 0.5) is 11.5 Å². The third kappa shape index (κ3) is 5.57. The van der Waals surface area contributed by atoms with Crippen LogP contribution in [0.1, 0.15) is 67.6 Å². The molecule has 0 bridgehead atoms. The summed E-state index contributed by atoms with van der Waals surface area (Å²) in [4.78, 5) is 22.6. The van der Waals surface area contributed by atoms with Crippen molar-refractivity contribution < 1.29 is 9.53 Å². The average molecular weight is 502 g/mol. The van der Waals surface area contributed by atoms with E-state index in [-0.39, 0.29) is 12.0 Å². The van der Waals surface area contributed by atoms with Crippen LogP contribution >= 0.6 is 0 Å². The van der Waals surface area contributed by atoms with E-state index in [1.54, 1.807) is 11.0 Å². The third-order valence-corrected chi connectivity index (χ3v) is 7.56. The Morgan fingerprint density at radius 2 is 1.81 bits per heavy atom. The van der Waals surface area contributed by atoms with Gasteiger partial charge in [0.25, 0.3) is 11.8 Å². The molecule has 37 heavy (non-hydrogen) atoms. The number of anilines is 2. The number of ether oxygens (including phenoxy) is 1. The van der Waals surface area contributed by atoms with Crippen molar-refractivity contribution in [2.45, 2.75) is 70.8 Å². The van der Waals surface area contributed by atoms with E-state index in [0.717, 1.165) is 36.9 Å². The third-order valence-electron chi connectivity index (χ3n) is 7.56. The summed E-state index contributed by atoms with van der Waals surface area (Å²) in [6, 6.07) is 8.33. The van der Waals surface area contributed by atoms with E-state index in [9.17, 15) is 4.79 Å². The normalized spacial score (nSPS) is 16.7. The molecule has 1 aromatic carbocycles. The van der Waals surface area contributed by atoms with Crippen LogP contribution in [0, 0.1) is 13.8 Å². The van der Waals surface area contributed by atoms with Gasteiger partial charge in [-0.05, 0) is 107 Å². The molecule has 0 aliphatic heterocycles. The topological polar surface area (TPSA) is 63.5 Å². The van der Waals surface area contributed by atoms with E-state index in [1.807, 2.05) is 48.9 Å². The van der Waals surface area contributed by atoms with Crippen LogP contribution in [0.25, 0.3) is 11.0 Å². The number of amides is 1. The minimum Gasteiger partial charge on any atom is -0.472 e. The smallest absolute Gasteiger partial charge is 0.260 e. The second kappa shape index (κ2) is 10.7. The van der Waals surface area contributed by atoms with Gasteiger partial charge in [-0.2, -0.15) is 0 Å². The Balaban J connectivity index is 1.60. The summed E-state index contributed by atoms with van der Waals surface area (Å²) >= 11 is 0. The number of carbonyl (C=O) groups is 1. The number of hydrogen-bond donors (Lipinski definition) is 0. The zero-order valence-electron chi connectivity index (χ0n) is 22.8. The zero-order chi connectivity index (χ0) is 26.1. The molecule has 5 rings (SSSR count). The first-order valence-corrected chi connectivity index (χ1v) is 13.6. The molecule has 0 atom stereocenters. The first-order valence-electron chi connectivity index (χ1n) is 13.6. The molecule has 2 aliphatic carbocycles. The van der Waals surface area contributed by atoms with Crippen LogP contribution in [0.3, 0.4) is 0 Å². The maximum absolute atomic E-state index is 13.8. The van der Waals surface area contributed by atoms with Crippen LogP contribution in [-0.2, 0) is 11.8 Å². The lowest BCUT2D eigenvalue weighted by atomic mass is 9.98. The van der Waals surface area contributed by atoms with E-state index < -0.39 is 0 Å². The van der Waals surface area contributed by atoms with Crippen molar-refractivity contribution >= 4 is 28.4 Å². The van der Waals surface area contributed by atoms with E-state index >= 15 is 0 Å². The Morgan fingerprint density at radius 1 is 1.08 bits per heavy atom. The molecule has 7 nitrogen and oxygen atoms in total. The molecule has 2 aliphatic rings. The quantitative estimate of drug-likeness (QED) is 0.357. The Bertz CT molecular complexity index is 1320. The van der Waals surface area contributed by atoms with Gasteiger partial charge in [0.05, 0.1) is 11.2 Å². The Labute approximate surface area is 220 Å². The molecule has 0 unspecified atom stereocenters. The number of hydrogen-bond acceptors (Lipinski definition) is 5. The zero-order valence-corrected chi connectivity index (χ0v) is 22.8. The van der Waals surface area contributed by atoms with Gasteiger partial charge in [-0.1, -0.05) is 18.6 Å².